The number of likely N-dealkylation sites (tertiary alicyclic amines) is 1. The Balaban J connectivity index is 1.50. The molecule has 0 saturated carbocycles. The smallest absolute Gasteiger partial charge is 0.255 e. The fraction of sp³-hybridized carbons (Fsp3) is 0.429. The van der Waals surface area contributed by atoms with Crippen LogP contribution >= 0.6 is 0 Å². The van der Waals surface area contributed by atoms with E-state index in [2.05, 4.69) is 15.5 Å². The van der Waals surface area contributed by atoms with Crippen molar-refractivity contribution >= 4 is 17.5 Å². The first-order valence-corrected chi connectivity index (χ1v) is 9.57. The summed E-state index contributed by atoms with van der Waals surface area (Å²) in [4.78, 5) is 26.8. The Kier molecular flexibility index (Phi) is 6.57. The average Bonchev–Trinajstić information content (AvgIpc) is 2.74. The van der Waals surface area contributed by atoms with Crippen LogP contribution in [0.3, 0.4) is 0 Å². The second-order valence-electron chi connectivity index (χ2n) is 7.16. The Hall–Kier alpha value is -2.96. The Morgan fingerprint density at radius 2 is 2.14 bits per heavy atom. The van der Waals surface area contributed by atoms with Gasteiger partial charge >= 0.3 is 0 Å². The van der Waals surface area contributed by atoms with E-state index in [-0.39, 0.29) is 11.8 Å². The maximum atomic E-state index is 12.6. The molecule has 7 nitrogen and oxygen atoms in total. The van der Waals surface area contributed by atoms with Crippen molar-refractivity contribution in [1.29, 1.82) is 0 Å². The molecule has 1 aromatic heterocycles. The molecule has 0 bridgehead atoms. The maximum absolute atomic E-state index is 12.6. The van der Waals surface area contributed by atoms with Gasteiger partial charge in [-0.2, -0.15) is 10.2 Å². The second-order valence-corrected chi connectivity index (χ2v) is 7.16. The number of ether oxygens (including phenoxy) is 1. The number of hydrogen-bond donors (Lipinski definition) is 1. The first kappa shape index (κ1) is 19.8. The number of piperidine rings is 1. The quantitative estimate of drug-likeness (QED) is 0.830. The molecule has 1 aliphatic rings. The molecule has 148 valence electrons. The van der Waals surface area contributed by atoms with Gasteiger partial charge in [0.2, 0.25) is 5.91 Å². The monoisotopic (exact) mass is 382 g/mol. The van der Waals surface area contributed by atoms with Crippen LogP contribution in [-0.4, -0.2) is 47.1 Å². The Bertz CT molecular complexity index is 826. The van der Waals surface area contributed by atoms with Crippen LogP contribution in [0.15, 0.2) is 36.7 Å². The Morgan fingerprint density at radius 1 is 1.29 bits per heavy atom. The number of rotatable bonds is 6. The third-order valence-electron chi connectivity index (χ3n) is 5.12. The highest BCUT2D eigenvalue weighted by Crippen LogP contribution is 2.24. The molecule has 1 N–H and O–H groups in total. The van der Waals surface area contributed by atoms with Crippen LogP contribution in [0.1, 0.15) is 41.6 Å². The van der Waals surface area contributed by atoms with E-state index in [9.17, 15) is 9.59 Å². The molecule has 28 heavy (non-hydrogen) atoms. The summed E-state index contributed by atoms with van der Waals surface area (Å²) in [5.74, 6) is 1.08. The topological polar surface area (TPSA) is 84.4 Å². The first-order valence-electron chi connectivity index (χ1n) is 9.57. The number of carbonyl (C=O) groups is 2. The van der Waals surface area contributed by atoms with E-state index >= 15 is 0 Å². The third kappa shape index (κ3) is 5.06. The molecule has 1 fully saturated rings. The van der Waals surface area contributed by atoms with Crippen molar-refractivity contribution in [1.82, 2.24) is 15.1 Å². The van der Waals surface area contributed by atoms with E-state index in [1.165, 1.54) is 12.4 Å². The van der Waals surface area contributed by atoms with Crippen molar-refractivity contribution in [2.24, 2.45) is 5.92 Å². The number of aryl methyl sites for hydroxylation is 1. The summed E-state index contributed by atoms with van der Waals surface area (Å²) in [7, 11) is 1.62. The maximum Gasteiger partial charge on any atom is 0.255 e. The van der Waals surface area contributed by atoms with Crippen molar-refractivity contribution in [3.63, 3.8) is 0 Å². The third-order valence-corrected chi connectivity index (χ3v) is 5.12. The number of nitrogens with zero attached hydrogens (tertiary/aromatic N) is 3. The van der Waals surface area contributed by atoms with Crippen molar-refractivity contribution in [3.8, 4) is 5.75 Å². The average molecular weight is 382 g/mol. The summed E-state index contributed by atoms with van der Waals surface area (Å²) in [5, 5.41) is 10.5. The van der Waals surface area contributed by atoms with Crippen molar-refractivity contribution in [2.45, 2.75) is 32.6 Å². The zero-order valence-electron chi connectivity index (χ0n) is 16.4. The molecular weight excluding hydrogens is 356 g/mol. The van der Waals surface area contributed by atoms with Gasteiger partial charge in [0.1, 0.15) is 5.75 Å². The molecule has 7 heteroatoms. The van der Waals surface area contributed by atoms with Crippen LogP contribution in [0.4, 0.5) is 5.69 Å². The number of anilines is 1. The summed E-state index contributed by atoms with van der Waals surface area (Å²) in [6, 6.07) is 7.27. The lowest BCUT2D eigenvalue weighted by Crippen LogP contribution is -2.40. The largest absolute Gasteiger partial charge is 0.497 e. The molecule has 3 rings (SSSR count). The number of methoxy groups -OCH3 is 1. The molecule has 0 unspecified atom stereocenters. The van der Waals surface area contributed by atoms with Gasteiger partial charge in [0.25, 0.3) is 5.91 Å². The van der Waals surface area contributed by atoms with Crippen LogP contribution in [0.25, 0.3) is 0 Å². The molecule has 1 aromatic carbocycles. The minimum absolute atomic E-state index is 0.00458. The van der Waals surface area contributed by atoms with E-state index in [0.29, 0.717) is 24.4 Å². The molecule has 0 aliphatic carbocycles. The van der Waals surface area contributed by atoms with Crippen LogP contribution in [-0.2, 0) is 4.79 Å². The van der Waals surface area contributed by atoms with Gasteiger partial charge in [0, 0.05) is 25.2 Å². The van der Waals surface area contributed by atoms with E-state index in [4.69, 9.17) is 4.74 Å². The first-order chi connectivity index (χ1) is 13.6. The predicted molar refractivity (Wildman–Crippen MR) is 106 cm³/mol. The zero-order valence-corrected chi connectivity index (χ0v) is 16.4. The molecule has 2 aromatic rings. The SMILES string of the molecule is COc1ccc(NC(=O)CC[C@@H]2CCCN(C(=O)c3ccnnc3)C2)c(C)c1. The summed E-state index contributed by atoms with van der Waals surface area (Å²) in [6.45, 7) is 3.36. The number of carbonyl (C=O) groups excluding carboxylic acids is 2. The van der Waals surface area contributed by atoms with Gasteiger partial charge in [-0.25, -0.2) is 0 Å². The molecule has 1 saturated heterocycles. The van der Waals surface area contributed by atoms with Gasteiger partial charge in [-0.3, -0.25) is 9.59 Å². The van der Waals surface area contributed by atoms with Crippen LogP contribution in [0.2, 0.25) is 0 Å². The number of hydrogen-bond acceptors (Lipinski definition) is 5. The van der Waals surface area contributed by atoms with Gasteiger partial charge in [-0.15, -0.1) is 0 Å². The van der Waals surface area contributed by atoms with Crippen LogP contribution in [0.5, 0.6) is 5.75 Å². The Labute approximate surface area is 165 Å². The number of amides is 2. The summed E-state index contributed by atoms with van der Waals surface area (Å²) in [5.41, 5.74) is 2.33. The van der Waals surface area contributed by atoms with E-state index in [0.717, 1.165) is 42.8 Å². The number of benzene rings is 1. The highest BCUT2D eigenvalue weighted by atomic mass is 16.5. The lowest BCUT2D eigenvalue weighted by atomic mass is 9.93. The minimum atomic E-state index is -0.0158. The molecule has 0 radical (unpaired) electrons. The summed E-state index contributed by atoms with van der Waals surface area (Å²) in [6.07, 6.45) is 6.21. The van der Waals surface area contributed by atoms with E-state index in [1.807, 2.05) is 30.0 Å². The normalized spacial score (nSPS) is 16.5. The highest BCUT2D eigenvalue weighted by Gasteiger charge is 2.25. The fourth-order valence-electron chi connectivity index (χ4n) is 3.54. The second kappa shape index (κ2) is 9.30. The number of aromatic nitrogens is 2. The van der Waals surface area contributed by atoms with Gasteiger partial charge in [-0.1, -0.05) is 0 Å². The fourth-order valence-corrected chi connectivity index (χ4v) is 3.54. The van der Waals surface area contributed by atoms with Gasteiger partial charge in [0.15, 0.2) is 0 Å². The van der Waals surface area contributed by atoms with Gasteiger partial charge < -0.3 is 15.0 Å². The molecule has 2 amide bonds. The standard InChI is InChI=1S/C21H26N4O3/c1-15-12-18(28-2)6-7-19(15)24-20(26)8-5-16-4-3-11-25(14-16)21(27)17-9-10-22-23-13-17/h6-7,9-10,12-13,16H,3-5,8,11,14H2,1-2H3,(H,24,26)/t16-/m0/s1. The number of nitrogens with one attached hydrogen (secondary N) is 1. The minimum Gasteiger partial charge on any atom is -0.497 e. The summed E-state index contributed by atoms with van der Waals surface area (Å²) < 4.78 is 5.19. The van der Waals surface area contributed by atoms with Gasteiger partial charge in [0.05, 0.1) is 25.1 Å². The van der Waals surface area contributed by atoms with Crippen molar-refractivity contribution < 1.29 is 14.3 Å². The van der Waals surface area contributed by atoms with Crippen LogP contribution in [0, 0.1) is 12.8 Å². The summed E-state index contributed by atoms with van der Waals surface area (Å²) >= 11 is 0. The molecular formula is C21H26N4O3. The molecule has 1 aliphatic heterocycles. The molecule has 0 spiro atoms. The van der Waals surface area contributed by atoms with Gasteiger partial charge in [-0.05, 0) is 61.9 Å². The van der Waals surface area contributed by atoms with Crippen LogP contribution < -0.4 is 10.1 Å². The Morgan fingerprint density at radius 3 is 2.86 bits per heavy atom. The molecule has 1 atom stereocenters. The zero-order chi connectivity index (χ0) is 19.9. The van der Waals surface area contributed by atoms with E-state index < -0.39 is 0 Å². The van der Waals surface area contributed by atoms with Crippen molar-refractivity contribution in [3.05, 3.63) is 47.8 Å². The highest BCUT2D eigenvalue weighted by molar-refractivity contribution is 5.94. The predicted octanol–water partition coefficient (Wildman–Crippen LogP) is 3.06. The molecule has 2 heterocycles. The lowest BCUT2D eigenvalue weighted by molar-refractivity contribution is -0.116. The lowest BCUT2D eigenvalue weighted by Gasteiger charge is -2.32. The van der Waals surface area contributed by atoms with E-state index in [1.54, 1.807) is 13.2 Å². The van der Waals surface area contributed by atoms with Crippen molar-refractivity contribution in [2.75, 3.05) is 25.5 Å².